The average Bonchev–Trinajstić information content (AvgIpc) is 2.35. The van der Waals surface area contributed by atoms with Crippen LogP contribution in [0.2, 0.25) is 0 Å². The third-order valence-electron chi connectivity index (χ3n) is 2.26. The summed E-state index contributed by atoms with van der Waals surface area (Å²) in [7, 11) is -2.67. The lowest BCUT2D eigenvalue weighted by atomic mass is 10.3. The lowest BCUT2D eigenvalue weighted by molar-refractivity contribution is -0.385. The highest BCUT2D eigenvalue weighted by Gasteiger charge is 2.21. The summed E-state index contributed by atoms with van der Waals surface area (Å²) in [6.45, 7) is 0. The number of benzene rings is 1. The highest BCUT2D eigenvalue weighted by Crippen LogP contribution is 2.26. The van der Waals surface area contributed by atoms with Gasteiger partial charge in [-0.15, -0.1) is 0 Å². The zero-order valence-corrected chi connectivity index (χ0v) is 10.7. The maximum Gasteiger partial charge on any atom is 0.304 e. The van der Waals surface area contributed by atoms with E-state index in [-0.39, 0.29) is 10.6 Å². The van der Waals surface area contributed by atoms with Gasteiger partial charge in [-0.2, -0.15) is 0 Å². The van der Waals surface area contributed by atoms with Gasteiger partial charge in [-0.05, 0) is 6.07 Å². The summed E-state index contributed by atoms with van der Waals surface area (Å²) in [6, 6.07) is 3.07. The van der Waals surface area contributed by atoms with Crippen molar-refractivity contribution in [2.75, 3.05) is 12.9 Å². The Morgan fingerprint density at radius 3 is 2.53 bits per heavy atom. The van der Waals surface area contributed by atoms with Crippen molar-refractivity contribution in [3.05, 3.63) is 28.3 Å². The van der Waals surface area contributed by atoms with E-state index in [0.717, 1.165) is 18.2 Å². The summed E-state index contributed by atoms with van der Waals surface area (Å²) in [5.74, 6) is -1.88. The number of rotatable bonds is 6. The van der Waals surface area contributed by atoms with Crippen molar-refractivity contribution in [3.8, 4) is 5.75 Å². The van der Waals surface area contributed by atoms with Gasteiger partial charge in [0.1, 0.15) is 5.75 Å². The van der Waals surface area contributed by atoms with Crippen LogP contribution in [0.1, 0.15) is 6.42 Å². The molecule has 0 fully saturated rings. The van der Waals surface area contributed by atoms with Crippen molar-refractivity contribution in [2.24, 2.45) is 0 Å². The number of aliphatic carboxylic acids is 1. The molecule has 0 atom stereocenters. The molecule has 1 rings (SSSR count). The SMILES string of the molecule is COc1cc([N+](=O)[O-])cc(S(=O)(=O)CCC(=O)O)c1. The number of nitro groups is 1. The Bertz CT molecular complexity index is 608. The number of carboxylic acid groups (broad SMARTS) is 1. The van der Waals surface area contributed by atoms with E-state index in [1.807, 2.05) is 0 Å². The molecule has 8 nitrogen and oxygen atoms in total. The van der Waals surface area contributed by atoms with E-state index in [2.05, 4.69) is 0 Å². The summed E-state index contributed by atoms with van der Waals surface area (Å²) >= 11 is 0. The Morgan fingerprint density at radius 2 is 2.05 bits per heavy atom. The second-order valence-corrected chi connectivity index (χ2v) is 5.70. The molecule has 0 aliphatic rings. The van der Waals surface area contributed by atoms with Crippen molar-refractivity contribution in [1.82, 2.24) is 0 Å². The van der Waals surface area contributed by atoms with E-state index in [4.69, 9.17) is 9.84 Å². The maximum atomic E-state index is 11.8. The zero-order valence-electron chi connectivity index (χ0n) is 9.90. The Balaban J connectivity index is 3.21. The minimum Gasteiger partial charge on any atom is -0.496 e. The fraction of sp³-hybridized carbons (Fsp3) is 0.300. The smallest absolute Gasteiger partial charge is 0.304 e. The number of non-ortho nitro benzene ring substituents is 1. The van der Waals surface area contributed by atoms with Gasteiger partial charge in [0.25, 0.3) is 5.69 Å². The molecule has 0 heterocycles. The van der Waals surface area contributed by atoms with E-state index in [0.29, 0.717) is 0 Å². The quantitative estimate of drug-likeness (QED) is 0.608. The minimum atomic E-state index is -3.91. The Morgan fingerprint density at radius 1 is 1.42 bits per heavy atom. The molecular formula is C10H11NO7S. The number of ether oxygens (including phenoxy) is 1. The van der Waals surface area contributed by atoms with E-state index < -0.39 is 38.6 Å². The number of nitrogens with zero attached hydrogens (tertiary/aromatic N) is 1. The molecule has 1 N–H and O–H groups in total. The third-order valence-corrected chi connectivity index (χ3v) is 3.95. The molecule has 0 spiro atoms. The normalized spacial score (nSPS) is 11.0. The van der Waals surface area contributed by atoms with Crippen molar-refractivity contribution >= 4 is 21.5 Å². The fourth-order valence-corrected chi connectivity index (χ4v) is 2.57. The van der Waals surface area contributed by atoms with Crippen LogP contribution in [-0.4, -0.2) is 37.3 Å². The summed E-state index contributed by atoms with van der Waals surface area (Å²) in [6.07, 6.45) is -0.576. The number of sulfone groups is 1. The fourth-order valence-electron chi connectivity index (χ4n) is 1.30. The molecule has 1 aromatic carbocycles. The van der Waals surface area contributed by atoms with Crippen molar-refractivity contribution in [2.45, 2.75) is 11.3 Å². The topological polar surface area (TPSA) is 124 Å². The predicted molar refractivity (Wildman–Crippen MR) is 64.0 cm³/mol. The summed E-state index contributed by atoms with van der Waals surface area (Å²) < 4.78 is 28.5. The van der Waals surface area contributed by atoms with Gasteiger partial charge in [-0.1, -0.05) is 0 Å². The van der Waals surface area contributed by atoms with Crippen LogP contribution in [0, 0.1) is 10.1 Å². The standard InChI is InChI=1S/C10H11NO7S/c1-18-8-4-7(11(14)15)5-9(6-8)19(16,17)3-2-10(12)13/h4-6H,2-3H2,1H3,(H,12,13). The number of hydrogen-bond donors (Lipinski definition) is 1. The lowest BCUT2D eigenvalue weighted by Gasteiger charge is -2.05. The second-order valence-electron chi connectivity index (χ2n) is 3.59. The van der Waals surface area contributed by atoms with Crippen LogP contribution in [0.4, 0.5) is 5.69 Å². The van der Waals surface area contributed by atoms with E-state index in [1.165, 1.54) is 7.11 Å². The maximum absolute atomic E-state index is 11.8. The van der Waals surface area contributed by atoms with Gasteiger partial charge in [0.05, 0.1) is 35.2 Å². The number of carbonyl (C=O) groups is 1. The van der Waals surface area contributed by atoms with Crippen molar-refractivity contribution < 1.29 is 28.0 Å². The first-order chi connectivity index (χ1) is 8.76. The van der Waals surface area contributed by atoms with E-state index >= 15 is 0 Å². The molecule has 0 aliphatic carbocycles. The zero-order chi connectivity index (χ0) is 14.6. The molecule has 0 aromatic heterocycles. The third kappa shape index (κ3) is 3.91. The van der Waals surface area contributed by atoms with E-state index in [1.54, 1.807) is 0 Å². The van der Waals surface area contributed by atoms with Crippen LogP contribution >= 0.6 is 0 Å². The van der Waals surface area contributed by atoms with Crippen LogP contribution in [-0.2, 0) is 14.6 Å². The van der Waals surface area contributed by atoms with Crippen LogP contribution in [0.25, 0.3) is 0 Å². The number of methoxy groups -OCH3 is 1. The molecule has 104 valence electrons. The molecule has 0 aliphatic heterocycles. The van der Waals surface area contributed by atoms with Gasteiger partial charge in [-0.3, -0.25) is 14.9 Å². The first kappa shape index (κ1) is 14.9. The molecule has 0 saturated heterocycles. The molecule has 19 heavy (non-hydrogen) atoms. The first-order valence-electron chi connectivity index (χ1n) is 5.04. The van der Waals surface area contributed by atoms with Gasteiger partial charge in [0.15, 0.2) is 9.84 Å². The highest BCUT2D eigenvalue weighted by molar-refractivity contribution is 7.91. The van der Waals surface area contributed by atoms with Gasteiger partial charge in [-0.25, -0.2) is 8.42 Å². The highest BCUT2D eigenvalue weighted by atomic mass is 32.2. The molecule has 0 radical (unpaired) electrons. The Kier molecular flexibility index (Phi) is 4.43. The van der Waals surface area contributed by atoms with Gasteiger partial charge < -0.3 is 9.84 Å². The van der Waals surface area contributed by atoms with E-state index in [9.17, 15) is 23.3 Å². The van der Waals surface area contributed by atoms with Crippen molar-refractivity contribution in [3.63, 3.8) is 0 Å². The average molecular weight is 289 g/mol. The molecule has 0 bridgehead atoms. The van der Waals surface area contributed by atoms with Crippen LogP contribution < -0.4 is 4.74 Å². The Hall–Kier alpha value is -2.16. The van der Waals surface area contributed by atoms with Crippen LogP contribution in [0.5, 0.6) is 5.75 Å². The summed E-state index contributed by atoms with van der Waals surface area (Å²) in [5.41, 5.74) is -0.437. The minimum absolute atomic E-state index is 0.0168. The van der Waals surface area contributed by atoms with Gasteiger partial charge in [0.2, 0.25) is 0 Å². The number of carboxylic acids is 1. The second kappa shape index (κ2) is 5.65. The molecule has 1 aromatic rings. The number of nitro benzene ring substituents is 1. The number of hydrogen-bond acceptors (Lipinski definition) is 6. The monoisotopic (exact) mass is 289 g/mol. The van der Waals surface area contributed by atoms with Gasteiger partial charge >= 0.3 is 5.97 Å². The Labute approximate surface area is 108 Å². The largest absolute Gasteiger partial charge is 0.496 e. The molecular weight excluding hydrogens is 278 g/mol. The van der Waals surface area contributed by atoms with Crippen molar-refractivity contribution in [1.29, 1.82) is 0 Å². The molecule has 0 amide bonds. The predicted octanol–water partition coefficient (Wildman–Crippen LogP) is 0.852. The van der Waals surface area contributed by atoms with Gasteiger partial charge in [0, 0.05) is 6.07 Å². The summed E-state index contributed by atoms with van der Waals surface area (Å²) in [4.78, 5) is 20.0. The van der Waals surface area contributed by atoms with Crippen LogP contribution in [0.15, 0.2) is 23.1 Å². The first-order valence-corrected chi connectivity index (χ1v) is 6.69. The van der Waals surface area contributed by atoms with Crippen LogP contribution in [0.3, 0.4) is 0 Å². The molecule has 0 unspecified atom stereocenters. The summed E-state index contributed by atoms with van der Waals surface area (Å²) in [5, 5.41) is 19.1. The molecule has 0 saturated carbocycles. The molecule has 9 heteroatoms. The lowest BCUT2D eigenvalue weighted by Crippen LogP contribution is -2.11.